The largest absolute Gasteiger partial charge is 0.390 e. The van der Waals surface area contributed by atoms with Gasteiger partial charge in [-0.3, -0.25) is 4.79 Å². The number of hydrogen-bond acceptors (Lipinski definition) is 9. The lowest BCUT2D eigenvalue weighted by Gasteiger charge is -2.46. The summed E-state index contributed by atoms with van der Waals surface area (Å²) in [6, 6.07) is 37.9. The third-order valence-corrected chi connectivity index (χ3v) is 10.9. The number of amides is 1. The maximum Gasteiger partial charge on any atom is 0.297 e. The Morgan fingerprint density at radius 3 is 1.40 bits per heavy atom. The van der Waals surface area contributed by atoms with Crippen LogP contribution in [0.15, 0.2) is 121 Å². The Morgan fingerprint density at radius 1 is 0.533 bits per heavy atom. The molecule has 4 aromatic rings. The molecule has 75 heavy (non-hydrogen) atoms. The number of carbonyl (C=O) groups excluding carboxylic acids is 1. The summed E-state index contributed by atoms with van der Waals surface area (Å²) < 4.78 is 40.1. The summed E-state index contributed by atoms with van der Waals surface area (Å²) in [5, 5.41) is 25.6. The van der Waals surface area contributed by atoms with Crippen molar-refractivity contribution in [3.05, 3.63) is 144 Å². The molecule has 0 radical (unpaired) electrons. The van der Waals surface area contributed by atoms with Gasteiger partial charge in [0.05, 0.1) is 51.8 Å². The molecular weight excluding hydrogens is 939 g/mol. The molecule has 4 aromatic carbocycles. The summed E-state index contributed by atoms with van der Waals surface area (Å²) >= 11 is 0. The highest BCUT2D eigenvalue weighted by Crippen LogP contribution is 2.32. The van der Waals surface area contributed by atoms with Gasteiger partial charge in [-0.2, -0.15) is 0 Å². The summed E-state index contributed by atoms with van der Waals surface area (Å²) in [6.07, 6.45) is -4.32. The van der Waals surface area contributed by atoms with Crippen LogP contribution in [0.5, 0.6) is 0 Å². The molecule has 1 aliphatic rings. The van der Waals surface area contributed by atoms with Crippen molar-refractivity contribution in [1.29, 1.82) is 0 Å². The molecule has 0 aromatic heterocycles. The van der Waals surface area contributed by atoms with Crippen molar-refractivity contribution >= 4 is 5.91 Å². The molecule has 1 amide bonds. The highest BCUT2D eigenvalue weighted by Gasteiger charge is 2.49. The third kappa shape index (κ3) is 22.9. The van der Waals surface area contributed by atoms with Crippen LogP contribution in [0.2, 0.25) is 0 Å². The zero-order chi connectivity index (χ0) is 52.8. The van der Waals surface area contributed by atoms with E-state index < -0.39 is 54.9 Å². The summed E-state index contributed by atoms with van der Waals surface area (Å²) in [5.41, 5.74) is 3.74. The van der Waals surface area contributed by atoms with Gasteiger partial charge in [-0.25, -0.2) is 0 Å². The molecule has 0 bridgehead atoms. The molecule has 10 heteroatoms. The number of benzene rings is 4. The predicted octanol–water partition coefficient (Wildman–Crippen LogP) is 6.54. The molecule has 0 saturated carbocycles. The zero-order valence-corrected chi connectivity index (χ0v) is 42.0. The van der Waals surface area contributed by atoms with Crippen LogP contribution in [0.1, 0.15) is 61.8 Å². The highest BCUT2D eigenvalue weighted by molar-refractivity contribution is 5.94. The Labute approximate surface area is 443 Å². The Hall–Kier alpha value is -8.37. The standard InChI is InChI=1S/C65H57NO9/c1-3-5-7-8-9-10-11-12-13-14-15-16-17-18-19-20-21-22-36-46-60(68)66-57(61(69)58(67)45-27-6-4-2)51-74-65-64(73-50-56-43-34-26-35-44-56)63(72-49-55-41-32-25-33-42-55)62(71-48-54-39-30-24-31-40-54)59(75-65)52-70-47-53-37-28-23-29-38-53/h23-26,28-35,37-44,57-59,61-65,67,69H,4,6,27,45,47-52H2,1-2H3,(H,66,68)/t57-,58+,59?,61-,62?,63?,64?,65?/m0/s1. The van der Waals surface area contributed by atoms with Gasteiger partial charge in [0.25, 0.3) is 5.91 Å². The lowest BCUT2D eigenvalue weighted by Crippen LogP contribution is -2.62. The molecule has 1 aliphatic heterocycles. The van der Waals surface area contributed by atoms with Crippen molar-refractivity contribution in [1.82, 2.24) is 5.32 Å². The molecule has 1 heterocycles. The first kappa shape index (κ1) is 57.5. The lowest BCUT2D eigenvalue weighted by atomic mass is 9.97. The van der Waals surface area contributed by atoms with E-state index in [1.54, 1.807) is 6.92 Å². The lowest BCUT2D eigenvalue weighted by molar-refractivity contribution is -0.329. The molecule has 10 nitrogen and oxygen atoms in total. The van der Waals surface area contributed by atoms with E-state index in [0.717, 1.165) is 35.1 Å². The zero-order valence-electron chi connectivity index (χ0n) is 42.0. The first-order chi connectivity index (χ1) is 36.9. The van der Waals surface area contributed by atoms with Crippen LogP contribution in [0, 0.1) is 118 Å². The Bertz CT molecular complexity index is 3060. The van der Waals surface area contributed by atoms with E-state index in [0.29, 0.717) is 13.0 Å². The molecule has 1 saturated heterocycles. The molecular formula is C65H57NO9. The summed E-state index contributed by atoms with van der Waals surface area (Å²) in [6.45, 7) is 4.40. The van der Waals surface area contributed by atoms with Crippen molar-refractivity contribution in [3.63, 3.8) is 0 Å². The van der Waals surface area contributed by atoms with E-state index in [1.807, 2.05) is 128 Å². The van der Waals surface area contributed by atoms with E-state index in [2.05, 4.69) is 124 Å². The van der Waals surface area contributed by atoms with Crippen molar-refractivity contribution in [3.8, 4) is 118 Å². The fraction of sp³-hybridized carbons (Fsp3) is 0.308. The van der Waals surface area contributed by atoms with Crippen LogP contribution >= 0.6 is 0 Å². The summed E-state index contributed by atoms with van der Waals surface area (Å²) in [4.78, 5) is 13.4. The van der Waals surface area contributed by atoms with Crippen LogP contribution in [-0.2, 0) is 59.6 Å². The maximum absolute atomic E-state index is 13.4. The van der Waals surface area contributed by atoms with Crippen LogP contribution in [-0.4, -0.2) is 78.3 Å². The minimum absolute atomic E-state index is 0.0847. The van der Waals surface area contributed by atoms with Gasteiger partial charge in [0.15, 0.2) is 6.29 Å². The first-order valence-corrected chi connectivity index (χ1v) is 24.4. The van der Waals surface area contributed by atoms with Crippen molar-refractivity contribution < 1.29 is 43.4 Å². The minimum Gasteiger partial charge on any atom is -0.390 e. The maximum atomic E-state index is 13.4. The summed E-state index contributed by atoms with van der Waals surface area (Å²) in [5.74, 6) is 49.7. The average Bonchev–Trinajstić information content (AvgIpc) is 3.44. The normalized spacial score (nSPS) is 16.8. The van der Waals surface area contributed by atoms with Crippen LogP contribution < -0.4 is 5.32 Å². The van der Waals surface area contributed by atoms with Gasteiger partial charge in [-0.15, -0.1) is 0 Å². The van der Waals surface area contributed by atoms with Crippen molar-refractivity contribution in [2.45, 2.75) is 115 Å². The highest BCUT2D eigenvalue weighted by atomic mass is 16.7. The molecule has 0 aliphatic carbocycles. The molecule has 5 unspecified atom stereocenters. The second-order valence-corrected chi connectivity index (χ2v) is 16.4. The minimum atomic E-state index is -1.46. The fourth-order valence-electron chi connectivity index (χ4n) is 7.20. The second kappa shape index (κ2) is 35.7. The Balaban J connectivity index is 1.38. The van der Waals surface area contributed by atoms with Crippen LogP contribution in [0.25, 0.3) is 0 Å². The number of nitrogens with one attached hydrogen (secondary N) is 1. The number of aliphatic hydroxyl groups is 2. The fourth-order valence-corrected chi connectivity index (χ4v) is 7.20. The van der Waals surface area contributed by atoms with E-state index in [1.165, 1.54) is 0 Å². The topological polar surface area (TPSA) is 125 Å². The van der Waals surface area contributed by atoms with E-state index in [-0.39, 0.29) is 39.5 Å². The number of ether oxygens (including phenoxy) is 6. The van der Waals surface area contributed by atoms with Gasteiger partial charge in [-0.05, 0) is 130 Å². The monoisotopic (exact) mass is 995 g/mol. The van der Waals surface area contributed by atoms with Crippen LogP contribution in [0.3, 0.4) is 0 Å². The smallest absolute Gasteiger partial charge is 0.297 e. The molecule has 376 valence electrons. The SMILES string of the molecule is CC#CC#CC#CC#CC#CC#CC#CC#CC#CC#CC(=O)N[C@@H](COC1OC(COCc2ccccc2)C(OCc2ccccc2)C(OCc2ccccc2)C1OCc1ccccc1)[C@H](O)[C@H](O)CCCCC. The third-order valence-electron chi connectivity index (χ3n) is 10.9. The van der Waals surface area contributed by atoms with Gasteiger partial charge in [0.1, 0.15) is 30.5 Å². The summed E-state index contributed by atoms with van der Waals surface area (Å²) in [7, 11) is 0. The van der Waals surface area contributed by atoms with E-state index >= 15 is 0 Å². The van der Waals surface area contributed by atoms with Gasteiger partial charge in [0.2, 0.25) is 0 Å². The average molecular weight is 996 g/mol. The first-order valence-electron chi connectivity index (χ1n) is 24.4. The van der Waals surface area contributed by atoms with Gasteiger partial charge in [-0.1, -0.05) is 153 Å². The molecule has 1 fully saturated rings. The predicted molar refractivity (Wildman–Crippen MR) is 287 cm³/mol. The number of rotatable bonds is 23. The molecule has 5 rings (SSSR count). The molecule has 0 spiro atoms. The number of aliphatic hydroxyl groups excluding tert-OH is 2. The van der Waals surface area contributed by atoms with Crippen molar-refractivity contribution in [2.75, 3.05) is 13.2 Å². The van der Waals surface area contributed by atoms with E-state index in [4.69, 9.17) is 28.4 Å². The molecule has 3 N–H and O–H groups in total. The Morgan fingerprint density at radius 2 is 0.947 bits per heavy atom. The number of unbranched alkanes of at least 4 members (excludes halogenated alkanes) is 2. The van der Waals surface area contributed by atoms with Gasteiger partial charge >= 0.3 is 0 Å². The quantitative estimate of drug-likeness (QED) is 0.0562. The Kier molecular flexibility index (Phi) is 27.4. The van der Waals surface area contributed by atoms with Crippen LogP contribution in [0.4, 0.5) is 0 Å². The van der Waals surface area contributed by atoms with Crippen molar-refractivity contribution in [2.24, 2.45) is 0 Å². The van der Waals surface area contributed by atoms with E-state index in [9.17, 15) is 15.0 Å². The molecule has 8 atom stereocenters. The second-order valence-electron chi connectivity index (χ2n) is 16.4. The van der Waals surface area contributed by atoms with Gasteiger partial charge < -0.3 is 44.0 Å². The van der Waals surface area contributed by atoms with Gasteiger partial charge in [0, 0.05) is 17.8 Å². The number of carbonyl (C=O) groups is 1. The number of hydrogen-bond donors (Lipinski definition) is 3.